The predicted molar refractivity (Wildman–Crippen MR) is 137 cm³/mol. The summed E-state index contributed by atoms with van der Waals surface area (Å²) >= 11 is 0. The number of hydrogen-bond acceptors (Lipinski definition) is 3. The quantitative estimate of drug-likeness (QED) is 0.564. The van der Waals surface area contributed by atoms with E-state index in [1.165, 1.54) is 6.42 Å². The van der Waals surface area contributed by atoms with Crippen LogP contribution in [0.3, 0.4) is 0 Å². The summed E-state index contributed by atoms with van der Waals surface area (Å²) in [6.07, 6.45) is 5.19. The summed E-state index contributed by atoms with van der Waals surface area (Å²) in [5.74, 6) is -0.547. The normalized spacial score (nSPS) is 24.1. The van der Waals surface area contributed by atoms with Crippen LogP contribution in [-0.4, -0.2) is 23.8 Å². The zero-order valence-electron chi connectivity index (χ0n) is 20.2. The summed E-state index contributed by atoms with van der Waals surface area (Å²) in [5.41, 5.74) is 3.37. The highest BCUT2D eigenvalue weighted by atomic mass is 16.2. The topological polar surface area (TPSA) is 69.7 Å². The molecule has 0 bridgehead atoms. The fraction of sp³-hybridized carbons (Fsp3) is 0.300. The van der Waals surface area contributed by atoms with Gasteiger partial charge in [0.1, 0.15) is 6.04 Å². The van der Waals surface area contributed by atoms with Crippen LogP contribution in [0.25, 0.3) is 0 Å². The van der Waals surface area contributed by atoms with Crippen LogP contribution in [-0.2, 0) is 10.3 Å². The summed E-state index contributed by atoms with van der Waals surface area (Å²) in [6.45, 7) is 1.96. The number of benzene rings is 3. The van der Waals surface area contributed by atoms with Crippen molar-refractivity contribution < 1.29 is 14.4 Å². The zero-order chi connectivity index (χ0) is 24.6. The molecule has 1 saturated carbocycles. The van der Waals surface area contributed by atoms with Crippen LogP contribution < -0.4 is 15.1 Å². The molecule has 6 nitrogen and oxygen atoms in total. The third kappa shape index (κ3) is 2.59. The fourth-order valence-electron chi connectivity index (χ4n) is 6.86. The molecule has 0 spiro atoms. The van der Waals surface area contributed by atoms with Gasteiger partial charge in [0.15, 0.2) is 5.54 Å². The van der Waals surface area contributed by atoms with Crippen LogP contribution in [0.5, 0.6) is 0 Å². The van der Waals surface area contributed by atoms with Crippen LogP contribution in [0.1, 0.15) is 75.6 Å². The van der Waals surface area contributed by atoms with Crippen LogP contribution in [0.15, 0.2) is 66.7 Å². The van der Waals surface area contributed by atoms with Gasteiger partial charge >= 0.3 is 0 Å². The smallest absolute Gasteiger partial charge is 0.260 e. The number of carbonyl (C=O) groups excluding carboxylic acids is 3. The van der Waals surface area contributed by atoms with Crippen molar-refractivity contribution in [3.63, 3.8) is 0 Å². The standard InChI is InChI=1S/C30H27N3O3/c1-18-15-16-24-25(17-18)33-28(35)22-13-7-8-14-23(22)30(33,29(36)31-19-9-3-2-4-10-19)26-20-11-5-6-12-21(20)27(34)32(24)26/h5-8,11-17,19,26H,2-4,9-10H2,1H3,(H,31,36). The maximum Gasteiger partial charge on any atom is 0.260 e. The molecule has 3 aromatic rings. The van der Waals surface area contributed by atoms with Gasteiger partial charge < -0.3 is 5.32 Å². The van der Waals surface area contributed by atoms with E-state index >= 15 is 0 Å². The van der Waals surface area contributed by atoms with Gasteiger partial charge in [0.2, 0.25) is 0 Å². The number of carbonyl (C=O) groups is 3. The van der Waals surface area contributed by atoms with Gasteiger partial charge in [-0.3, -0.25) is 24.2 Å². The number of nitrogens with zero attached hydrogens (tertiary/aromatic N) is 2. The second kappa shape index (κ2) is 7.53. The first-order chi connectivity index (χ1) is 17.5. The summed E-state index contributed by atoms with van der Waals surface area (Å²) in [5, 5.41) is 3.35. The summed E-state index contributed by atoms with van der Waals surface area (Å²) in [4.78, 5) is 46.2. The summed E-state index contributed by atoms with van der Waals surface area (Å²) in [7, 11) is 0. The number of hydrogen-bond donors (Lipinski definition) is 1. The Balaban J connectivity index is 1.55. The Morgan fingerprint density at radius 3 is 2.39 bits per heavy atom. The monoisotopic (exact) mass is 477 g/mol. The van der Waals surface area contributed by atoms with E-state index in [0.29, 0.717) is 28.1 Å². The lowest BCUT2D eigenvalue weighted by Gasteiger charge is -2.50. The molecule has 1 aliphatic carbocycles. The summed E-state index contributed by atoms with van der Waals surface area (Å²) in [6, 6.07) is 20.1. The van der Waals surface area contributed by atoms with Gasteiger partial charge in [-0.15, -0.1) is 0 Å². The molecule has 4 aliphatic rings. The lowest BCUT2D eigenvalue weighted by molar-refractivity contribution is -0.128. The number of nitrogens with one attached hydrogen (secondary N) is 1. The zero-order valence-corrected chi connectivity index (χ0v) is 20.2. The fourth-order valence-corrected chi connectivity index (χ4v) is 6.86. The molecule has 0 saturated heterocycles. The van der Waals surface area contributed by atoms with E-state index in [1.54, 1.807) is 15.9 Å². The minimum atomic E-state index is -1.39. The first-order valence-electron chi connectivity index (χ1n) is 12.8. The maximum atomic E-state index is 14.7. The molecule has 2 unspecified atom stereocenters. The van der Waals surface area contributed by atoms with Gasteiger partial charge in [0, 0.05) is 22.7 Å². The largest absolute Gasteiger partial charge is 0.351 e. The Labute approximate surface area is 209 Å². The van der Waals surface area contributed by atoms with E-state index in [0.717, 1.165) is 36.8 Å². The van der Waals surface area contributed by atoms with E-state index in [4.69, 9.17) is 0 Å². The van der Waals surface area contributed by atoms with Gasteiger partial charge in [-0.1, -0.05) is 61.7 Å². The molecule has 1 N–H and O–H groups in total. The highest BCUT2D eigenvalue weighted by molar-refractivity contribution is 6.24. The van der Waals surface area contributed by atoms with Gasteiger partial charge in [-0.2, -0.15) is 0 Å². The summed E-state index contributed by atoms with van der Waals surface area (Å²) < 4.78 is 0. The molecule has 3 heterocycles. The number of amides is 3. The first-order valence-corrected chi connectivity index (χ1v) is 12.8. The van der Waals surface area contributed by atoms with Crippen LogP contribution >= 0.6 is 0 Å². The minimum Gasteiger partial charge on any atom is -0.351 e. The van der Waals surface area contributed by atoms with E-state index in [2.05, 4.69) is 5.32 Å². The van der Waals surface area contributed by atoms with E-state index in [-0.39, 0.29) is 23.8 Å². The van der Waals surface area contributed by atoms with Crippen molar-refractivity contribution in [2.45, 2.75) is 56.7 Å². The third-order valence-electron chi connectivity index (χ3n) is 8.40. The molecule has 3 aliphatic heterocycles. The van der Waals surface area contributed by atoms with E-state index in [9.17, 15) is 14.4 Å². The molecule has 3 aromatic carbocycles. The third-order valence-corrected chi connectivity index (χ3v) is 8.40. The van der Waals surface area contributed by atoms with Crippen molar-refractivity contribution in [3.05, 3.63) is 94.5 Å². The SMILES string of the molecule is Cc1ccc2c(c1)N1C(=O)c3ccccc3C1(C(=O)NC1CCCCC1)C1c3ccccc3C(=O)N21. The lowest BCUT2D eigenvalue weighted by Crippen LogP contribution is -2.64. The van der Waals surface area contributed by atoms with Crippen molar-refractivity contribution in [2.24, 2.45) is 0 Å². The number of rotatable bonds is 2. The van der Waals surface area contributed by atoms with Gasteiger partial charge in [-0.25, -0.2) is 0 Å². The second-order valence-electron chi connectivity index (χ2n) is 10.4. The molecule has 3 amide bonds. The van der Waals surface area contributed by atoms with Gasteiger partial charge in [-0.05, 0) is 55.2 Å². The van der Waals surface area contributed by atoms with Crippen LogP contribution in [0.2, 0.25) is 0 Å². The average Bonchev–Trinajstić information content (AvgIpc) is 3.35. The van der Waals surface area contributed by atoms with Crippen molar-refractivity contribution >= 4 is 29.1 Å². The minimum absolute atomic E-state index is 0.0602. The van der Waals surface area contributed by atoms with Gasteiger partial charge in [0.25, 0.3) is 17.7 Å². The van der Waals surface area contributed by atoms with Gasteiger partial charge in [0.05, 0.1) is 11.4 Å². The first kappa shape index (κ1) is 21.4. The Morgan fingerprint density at radius 1 is 0.861 bits per heavy atom. The Hall–Kier alpha value is -3.93. The molecule has 0 aromatic heterocycles. The van der Waals surface area contributed by atoms with Crippen molar-refractivity contribution in [1.82, 2.24) is 5.32 Å². The van der Waals surface area contributed by atoms with Crippen LogP contribution in [0.4, 0.5) is 11.4 Å². The Bertz CT molecular complexity index is 1460. The highest BCUT2D eigenvalue weighted by Crippen LogP contribution is 2.61. The molecule has 2 atom stereocenters. The van der Waals surface area contributed by atoms with Crippen molar-refractivity contribution in [3.8, 4) is 0 Å². The molecule has 6 heteroatoms. The number of anilines is 2. The molecular formula is C30H27N3O3. The average molecular weight is 478 g/mol. The Morgan fingerprint density at radius 2 is 1.58 bits per heavy atom. The molecule has 0 radical (unpaired) electrons. The molecular weight excluding hydrogens is 450 g/mol. The molecule has 7 rings (SSSR count). The number of aryl methyl sites for hydroxylation is 1. The predicted octanol–water partition coefficient (Wildman–Crippen LogP) is 5.01. The highest BCUT2D eigenvalue weighted by Gasteiger charge is 2.67. The Kier molecular flexibility index (Phi) is 4.47. The van der Waals surface area contributed by atoms with E-state index < -0.39 is 11.6 Å². The molecule has 180 valence electrons. The van der Waals surface area contributed by atoms with Crippen molar-refractivity contribution in [2.75, 3.05) is 9.80 Å². The number of fused-ring (bicyclic) bond motifs is 10. The van der Waals surface area contributed by atoms with E-state index in [1.807, 2.05) is 67.6 Å². The lowest BCUT2D eigenvalue weighted by atomic mass is 9.76. The van der Waals surface area contributed by atoms with Crippen molar-refractivity contribution in [1.29, 1.82) is 0 Å². The van der Waals surface area contributed by atoms with Crippen LogP contribution in [0, 0.1) is 6.92 Å². The molecule has 36 heavy (non-hydrogen) atoms. The maximum absolute atomic E-state index is 14.7. The molecule has 1 fully saturated rings. The second-order valence-corrected chi connectivity index (χ2v) is 10.4.